The van der Waals surface area contributed by atoms with Crippen LogP contribution in [0.4, 0.5) is 0 Å². The Kier molecular flexibility index (Phi) is 7.19. The van der Waals surface area contributed by atoms with Gasteiger partial charge >= 0.3 is 0 Å². The SMILES string of the molecule is C/C=C\C=C(/C)N1C[C@H](O)[C@@H](CN(CC)Cc2ccc(C#N)cc2)S1(=O)=O. The molecule has 1 aliphatic heterocycles. The number of benzene rings is 1. The molecule has 1 aromatic rings. The fraction of sp³-hybridized carbons (Fsp3) is 0.450. The molecule has 0 aliphatic carbocycles. The van der Waals surface area contributed by atoms with Crippen LogP contribution in [0, 0.1) is 11.3 Å². The Hall–Kier alpha value is -2.14. The molecule has 1 aliphatic rings. The van der Waals surface area contributed by atoms with Crippen LogP contribution in [-0.2, 0) is 16.6 Å². The molecule has 1 saturated heterocycles. The van der Waals surface area contributed by atoms with Crippen LogP contribution in [0.1, 0.15) is 31.9 Å². The van der Waals surface area contributed by atoms with Crippen molar-refractivity contribution >= 4 is 10.0 Å². The van der Waals surface area contributed by atoms with Gasteiger partial charge in [0.15, 0.2) is 0 Å². The van der Waals surface area contributed by atoms with Crippen molar-refractivity contribution in [3.05, 3.63) is 59.3 Å². The van der Waals surface area contributed by atoms with E-state index in [9.17, 15) is 13.5 Å². The third-order valence-corrected chi connectivity index (χ3v) is 7.05. The van der Waals surface area contributed by atoms with E-state index in [1.807, 2.05) is 37.0 Å². The lowest BCUT2D eigenvalue weighted by molar-refractivity contribution is 0.148. The zero-order valence-corrected chi connectivity index (χ0v) is 16.9. The molecule has 0 bridgehead atoms. The Morgan fingerprint density at radius 2 is 2.07 bits per heavy atom. The Morgan fingerprint density at radius 1 is 1.41 bits per heavy atom. The Bertz CT molecular complexity index is 838. The minimum atomic E-state index is -3.62. The average molecular weight is 390 g/mol. The topological polar surface area (TPSA) is 84.6 Å². The maximum absolute atomic E-state index is 12.9. The molecule has 1 fully saturated rings. The summed E-state index contributed by atoms with van der Waals surface area (Å²) in [6.07, 6.45) is 4.42. The van der Waals surface area contributed by atoms with Crippen LogP contribution in [0.25, 0.3) is 0 Å². The van der Waals surface area contributed by atoms with Gasteiger partial charge in [-0.2, -0.15) is 5.26 Å². The van der Waals surface area contributed by atoms with E-state index in [0.29, 0.717) is 24.4 Å². The number of hydrogen-bond donors (Lipinski definition) is 1. The molecule has 2 rings (SSSR count). The number of aliphatic hydroxyl groups is 1. The lowest BCUT2D eigenvalue weighted by atomic mass is 10.1. The largest absolute Gasteiger partial charge is 0.390 e. The van der Waals surface area contributed by atoms with Gasteiger partial charge in [-0.25, -0.2) is 8.42 Å². The summed E-state index contributed by atoms with van der Waals surface area (Å²) < 4.78 is 27.2. The monoisotopic (exact) mass is 389 g/mol. The average Bonchev–Trinajstić information content (AvgIpc) is 2.89. The van der Waals surface area contributed by atoms with Crippen molar-refractivity contribution in [3.63, 3.8) is 0 Å². The Labute approximate surface area is 162 Å². The molecule has 0 spiro atoms. The van der Waals surface area contributed by atoms with Gasteiger partial charge in [0.05, 0.1) is 24.3 Å². The highest BCUT2D eigenvalue weighted by molar-refractivity contribution is 7.90. The number of aliphatic hydroxyl groups excluding tert-OH is 1. The molecule has 0 saturated carbocycles. The number of hydrogen-bond acceptors (Lipinski definition) is 5. The Balaban J connectivity index is 2.14. The maximum Gasteiger partial charge on any atom is 0.241 e. The molecule has 6 nitrogen and oxygen atoms in total. The molecule has 2 atom stereocenters. The summed E-state index contributed by atoms with van der Waals surface area (Å²) in [5.74, 6) is 0. The van der Waals surface area contributed by atoms with E-state index in [4.69, 9.17) is 5.26 Å². The second-order valence-corrected chi connectivity index (χ2v) is 8.73. The van der Waals surface area contributed by atoms with Crippen molar-refractivity contribution < 1.29 is 13.5 Å². The van der Waals surface area contributed by atoms with Crippen molar-refractivity contribution in [1.29, 1.82) is 5.26 Å². The second-order valence-electron chi connectivity index (χ2n) is 6.65. The van der Waals surface area contributed by atoms with Crippen molar-refractivity contribution in [2.75, 3.05) is 19.6 Å². The van der Waals surface area contributed by atoms with Gasteiger partial charge in [0.25, 0.3) is 0 Å². The predicted molar refractivity (Wildman–Crippen MR) is 106 cm³/mol. The van der Waals surface area contributed by atoms with Crippen LogP contribution in [0.15, 0.2) is 48.2 Å². The van der Waals surface area contributed by atoms with E-state index in [1.165, 1.54) is 4.31 Å². The highest BCUT2D eigenvalue weighted by Gasteiger charge is 2.46. The van der Waals surface area contributed by atoms with E-state index >= 15 is 0 Å². The van der Waals surface area contributed by atoms with Crippen molar-refractivity contribution in [2.45, 2.75) is 38.7 Å². The van der Waals surface area contributed by atoms with Crippen LogP contribution in [0.5, 0.6) is 0 Å². The summed E-state index contributed by atoms with van der Waals surface area (Å²) in [6, 6.07) is 9.33. The fourth-order valence-corrected chi connectivity index (χ4v) is 5.17. The first-order chi connectivity index (χ1) is 12.8. The van der Waals surface area contributed by atoms with Gasteiger partial charge < -0.3 is 5.11 Å². The summed E-state index contributed by atoms with van der Waals surface area (Å²) in [6.45, 7) is 7.13. The van der Waals surface area contributed by atoms with Gasteiger partial charge in [-0.05, 0) is 44.2 Å². The zero-order valence-electron chi connectivity index (χ0n) is 16.0. The molecule has 1 heterocycles. The summed E-state index contributed by atoms with van der Waals surface area (Å²) in [7, 11) is -3.62. The van der Waals surface area contributed by atoms with E-state index in [2.05, 4.69) is 6.07 Å². The first-order valence-corrected chi connectivity index (χ1v) is 10.5. The summed E-state index contributed by atoms with van der Waals surface area (Å²) in [4.78, 5) is 2.00. The third-order valence-electron chi connectivity index (χ3n) is 4.77. The third kappa shape index (κ3) is 4.98. The molecule has 0 radical (unpaired) electrons. The summed E-state index contributed by atoms with van der Waals surface area (Å²) in [5.41, 5.74) is 2.20. The van der Waals surface area contributed by atoms with Crippen LogP contribution in [0.3, 0.4) is 0 Å². The minimum absolute atomic E-state index is 0.0846. The summed E-state index contributed by atoms with van der Waals surface area (Å²) >= 11 is 0. The predicted octanol–water partition coefficient (Wildman–Crippen LogP) is 2.23. The number of sulfonamides is 1. The van der Waals surface area contributed by atoms with Gasteiger partial charge in [0.2, 0.25) is 10.0 Å². The van der Waals surface area contributed by atoms with Gasteiger partial charge in [0, 0.05) is 18.8 Å². The quantitative estimate of drug-likeness (QED) is 0.723. The number of rotatable bonds is 7. The zero-order chi connectivity index (χ0) is 20.0. The van der Waals surface area contributed by atoms with Gasteiger partial charge in [-0.15, -0.1) is 0 Å². The maximum atomic E-state index is 12.9. The number of nitriles is 1. The normalized spacial score (nSPS) is 22.5. The number of allylic oxidation sites excluding steroid dienone is 4. The molecule has 0 aromatic heterocycles. The highest BCUT2D eigenvalue weighted by atomic mass is 32.2. The lowest BCUT2D eigenvalue weighted by Crippen LogP contribution is -2.41. The van der Waals surface area contributed by atoms with Crippen LogP contribution in [0.2, 0.25) is 0 Å². The molecule has 0 unspecified atom stereocenters. The molecule has 0 amide bonds. The van der Waals surface area contributed by atoms with E-state index in [1.54, 1.807) is 31.2 Å². The number of nitrogens with zero attached hydrogens (tertiary/aromatic N) is 3. The standard InChI is InChI=1S/C20H27N3O3S/c1-4-6-7-16(3)23-14-19(24)20(27(23,25)26)15-22(5-2)13-18-10-8-17(12-21)9-11-18/h4,6-11,19-20,24H,5,13-15H2,1-3H3/b6-4-,16-7+/t19-,20+/m0/s1. The first-order valence-electron chi connectivity index (χ1n) is 9.04. The first kappa shape index (κ1) is 21.2. The molecular weight excluding hydrogens is 362 g/mol. The van der Waals surface area contributed by atoms with Gasteiger partial charge in [0.1, 0.15) is 5.25 Å². The molecule has 27 heavy (non-hydrogen) atoms. The lowest BCUT2D eigenvalue weighted by Gasteiger charge is -2.25. The van der Waals surface area contributed by atoms with Crippen LogP contribution < -0.4 is 0 Å². The fourth-order valence-electron chi connectivity index (χ4n) is 3.14. The van der Waals surface area contributed by atoms with Gasteiger partial charge in [-0.3, -0.25) is 9.21 Å². The van der Waals surface area contributed by atoms with Crippen molar-refractivity contribution in [1.82, 2.24) is 9.21 Å². The minimum Gasteiger partial charge on any atom is -0.390 e. The molecule has 146 valence electrons. The highest BCUT2D eigenvalue weighted by Crippen LogP contribution is 2.27. The van der Waals surface area contributed by atoms with E-state index in [0.717, 1.165) is 5.56 Å². The second kappa shape index (κ2) is 9.18. The molecular formula is C20H27N3O3S. The molecule has 1 aromatic carbocycles. The van der Waals surface area contributed by atoms with Crippen molar-refractivity contribution in [3.8, 4) is 6.07 Å². The summed E-state index contributed by atoms with van der Waals surface area (Å²) in [5, 5.41) is 18.5. The van der Waals surface area contributed by atoms with Crippen LogP contribution >= 0.6 is 0 Å². The molecule has 7 heteroatoms. The smallest absolute Gasteiger partial charge is 0.241 e. The number of β-amino-alcohol motifs (C(OH)–C–C–N with tert-alkyl or cyclic N) is 1. The molecule has 1 N–H and O–H groups in total. The van der Waals surface area contributed by atoms with Crippen molar-refractivity contribution in [2.24, 2.45) is 0 Å². The van der Waals surface area contributed by atoms with Crippen LogP contribution in [-0.4, -0.2) is 53.7 Å². The van der Waals surface area contributed by atoms with E-state index in [-0.39, 0.29) is 13.1 Å². The van der Waals surface area contributed by atoms with E-state index < -0.39 is 21.4 Å². The Morgan fingerprint density at radius 3 is 2.63 bits per heavy atom. The van der Waals surface area contributed by atoms with Gasteiger partial charge in [-0.1, -0.05) is 31.2 Å².